The summed E-state index contributed by atoms with van der Waals surface area (Å²) >= 11 is 1.03. The predicted octanol–water partition coefficient (Wildman–Crippen LogP) is 2.99. The van der Waals surface area contributed by atoms with E-state index >= 15 is 0 Å². The molecular weight excluding hydrogens is 318 g/mol. The number of aromatic nitrogens is 1. The maximum Gasteiger partial charge on any atom is 0.270 e. The summed E-state index contributed by atoms with van der Waals surface area (Å²) in [6.07, 6.45) is 0. The van der Waals surface area contributed by atoms with Crippen molar-refractivity contribution in [2.24, 2.45) is 16.8 Å². The second kappa shape index (κ2) is 6.41. The van der Waals surface area contributed by atoms with Gasteiger partial charge in [-0.15, -0.1) is 0 Å². The molecule has 1 heterocycles. The van der Waals surface area contributed by atoms with Crippen molar-refractivity contribution in [1.29, 1.82) is 0 Å². The molecule has 0 saturated heterocycles. The summed E-state index contributed by atoms with van der Waals surface area (Å²) in [5, 5.41) is 11.4. The fourth-order valence-electron chi connectivity index (χ4n) is 1.88. The minimum atomic E-state index is -0.514. The molecule has 122 valence electrons. The molecule has 1 aromatic heterocycles. The van der Waals surface area contributed by atoms with E-state index in [0.29, 0.717) is 15.6 Å². The Labute approximate surface area is 136 Å². The lowest BCUT2D eigenvalue weighted by atomic mass is 10.2. The first-order valence-electron chi connectivity index (χ1n) is 7.15. The number of hydrogen-bond donors (Lipinski definition) is 0. The molecule has 0 radical (unpaired) electrons. The Hall–Kier alpha value is -2.35. The largest absolute Gasteiger partial charge is 0.273 e. The van der Waals surface area contributed by atoms with Crippen molar-refractivity contribution in [2.45, 2.75) is 27.7 Å². The van der Waals surface area contributed by atoms with Crippen molar-refractivity contribution in [2.75, 3.05) is 0 Å². The van der Waals surface area contributed by atoms with E-state index in [-0.39, 0.29) is 29.3 Å². The van der Waals surface area contributed by atoms with Gasteiger partial charge in [0, 0.05) is 29.4 Å². The van der Waals surface area contributed by atoms with Crippen LogP contribution in [-0.2, 0) is 4.79 Å². The summed E-state index contributed by atoms with van der Waals surface area (Å²) in [5.74, 6) is -1.01. The first-order chi connectivity index (χ1) is 10.7. The third-order valence-corrected chi connectivity index (χ3v) is 4.26. The van der Waals surface area contributed by atoms with Crippen molar-refractivity contribution in [3.63, 3.8) is 0 Å². The van der Waals surface area contributed by atoms with Crippen LogP contribution in [0.1, 0.15) is 32.5 Å². The maximum atomic E-state index is 12.3. The molecule has 2 rings (SSSR count). The highest BCUT2D eigenvalue weighted by Gasteiger charge is 2.19. The fraction of sp³-hybridized carbons (Fsp3) is 0.400. The zero-order chi connectivity index (χ0) is 17.3. The molecule has 0 saturated carbocycles. The zero-order valence-corrected chi connectivity index (χ0v) is 14.1. The summed E-state index contributed by atoms with van der Waals surface area (Å²) in [5.41, 5.74) is 0.419. The number of non-ortho nitro benzene ring substituents is 1. The molecule has 8 heteroatoms. The standard InChI is InChI=1S/C15H17N3O4S/c1-8(2)13(19)16-14-11-7-10(18(21)22)5-6-12(11)17(23-14)15(20)9(3)4/h5-9H,1-4H3. The van der Waals surface area contributed by atoms with Crippen LogP contribution >= 0.6 is 11.5 Å². The van der Waals surface area contributed by atoms with Crippen LogP contribution in [0.2, 0.25) is 0 Å². The van der Waals surface area contributed by atoms with E-state index < -0.39 is 4.92 Å². The van der Waals surface area contributed by atoms with Crippen LogP contribution in [0.3, 0.4) is 0 Å². The average Bonchev–Trinajstić information content (AvgIpc) is 2.84. The quantitative estimate of drug-likeness (QED) is 0.636. The Morgan fingerprint density at radius 1 is 1.22 bits per heavy atom. The highest BCUT2D eigenvalue weighted by Crippen LogP contribution is 2.22. The summed E-state index contributed by atoms with van der Waals surface area (Å²) in [6.45, 7) is 6.97. The second-order valence-corrected chi connectivity index (χ2v) is 6.68. The minimum Gasteiger partial charge on any atom is -0.273 e. The van der Waals surface area contributed by atoms with Crippen LogP contribution < -0.4 is 4.67 Å². The molecule has 7 nitrogen and oxygen atoms in total. The number of carbonyl (C=O) groups excluding carboxylic acids is 2. The third kappa shape index (κ3) is 3.37. The molecule has 0 fully saturated rings. The fourth-order valence-corrected chi connectivity index (χ4v) is 3.00. The Morgan fingerprint density at radius 3 is 2.39 bits per heavy atom. The van der Waals surface area contributed by atoms with Gasteiger partial charge in [-0.1, -0.05) is 27.7 Å². The van der Waals surface area contributed by atoms with Gasteiger partial charge in [0.25, 0.3) is 5.69 Å². The molecule has 0 spiro atoms. The minimum absolute atomic E-state index is 0.104. The van der Waals surface area contributed by atoms with Crippen molar-refractivity contribution in [1.82, 2.24) is 3.96 Å². The number of fused-ring (bicyclic) bond motifs is 1. The molecule has 0 atom stereocenters. The van der Waals surface area contributed by atoms with Crippen LogP contribution in [-0.4, -0.2) is 20.7 Å². The van der Waals surface area contributed by atoms with Gasteiger partial charge in [0.05, 0.1) is 10.4 Å². The van der Waals surface area contributed by atoms with Gasteiger partial charge in [-0.05, 0) is 17.6 Å². The zero-order valence-electron chi connectivity index (χ0n) is 13.3. The lowest BCUT2D eigenvalue weighted by Crippen LogP contribution is -2.14. The lowest BCUT2D eigenvalue weighted by molar-refractivity contribution is -0.384. The van der Waals surface area contributed by atoms with Gasteiger partial charge in [-0.2, -0.15) is 0 Å². The second-order valence-electron chi connectivity index (χ2n) is 5.75. The van der Waals surface area contributed by atoms with E-state index in [9.17, 15) is 19.7 Å². The van der Waals surface area contributed by atoms with Crippen LogP contribution in [0.4, 0.5) is 5.69 Å². The average molecular weight is 335 g/mol. The topological polar surface area (TPSA) is 94.6 Å². The van der Waals surface area contributed by atoms with Crippen LogP contribution in [0.5, 0.6) is 0 Å². The smallest absolute Gasteiger partial charge is 0.270 e. The van der Waals surface area contributed by atoms with Crippen LogP contribution in [0.15, 0.2) is 23.2 Å². The summed E-state index contributed by atoms with van der Waals surface area (Å²) in [7, 11) is 0. The Kier molecular flexibility index (Phi) is 4.74. The predicted molar refractivity (Wildman–Crippen MR) is 87.3 cm³/mol. The van der Waals surface area contributed by atoms with E-state index in [0.717, 1.165) is 11.5 Å². The number of rotatable bonds is 3. The van der Waals surface area contributed by atoms with Crippen LogP contribution in [0.25, 0.3) is 10.9 Å². The summed E-state index contributed by atoms with van der Waals surface area (Å²) in [6, 6.07) is 4.21. The van der Waals surface area contributed by atoms with E-state index in [1.807, 2.05) is 0 Å². The third-order valence-electron chi connectivity index (χ3n) is 3.22. The van der Waals surface area contributed by atoms with E-state index in [1.54, 1.807) is 27.7 Å². The molecule has 23 heavy (non-hydrogen) atoms. The van der Waals surface area contributed by atoms with Gasteiger partial charge in [-0.3, -0.25) is 19.7 Å². The number of amides is 1. The molecule has 0 aliphatic carbocycles. The van der Waals surface area contributed by atoms with Crippen molar-refractivity contribution in [3.8, 4) is 0 Å². The maximum absolute atomic E-state index is 12.3. The number of hydrogen-bond acceptors (Lipinski definition) is 5. The SMILES string of the molecule is CC(C)C(=O)N=c1sn(C(=O)C(C)C)c2ccc([N+](=O)[O-])cc12. The monoisotopic (exact) mass is 335 g/mol. The number of benzene rings is 1. The molecule has 0 N–H and O–H groups in total. The molecule has 0 bridgehead atoms. The molecule has 0 aliphatic rings. The van der Waals surface area contributed by atoms with E-state index in [1.165, 1.54) is 22.2 Å². The summed E-state index contributed by atoms with van der Waals surface area (Å²) in [4.78, 5) is 38.7. The molecule has 1 amide bonds. The van der Waals surface area contributed by atoms with Gasteiger partial charge in [0.15, 0.2) is 0 Å². The molecule has 2 aromatic rings. The first kappa shape index (κ1) is 17.0. The molecule has 0 unspecified atom stereocenters. The lowest BCUT2D eigenvalue weighted by Gasteiger charge is -2.04. The molecule has 0 aliphatic heterocycles. The number of carbonyl (C=O) groups is 2. The van der Waals surface area contributed by atoms with Gasteiger partial charge < -0.3 is 0 Å². The molecular formula is C15H17N3O4S. The van der Waals surface area contributed by atoms with E-state index in [4.69, 9.17) is 0 Å². The molecule has 1 aromatic carbocycles. The number of nitro groups is 1. The summed E-state index contributed by atoms with van der Waals surface area (Å²) < 4.78 is 1.76. The van der Waals surface area contributed by atoms with Crippen molar-refractivity contribution < 1.29 is 14.5 Å². The number of nitro benzene ring substituents is 1. The Bertz CT molecular complexity index is 861. The highest BCUT2D eigenvalue weighted by atomic mass is 32.1. The van der Waals surface area contributed by atoms with Crippen molar-refractivity contribution in [3.05, 3.63) is 33.0 Å². The van der Waals surface area contributed by atoms with Gasteiger partial charge >= 0.3 is 0 Å². The Balaban J connectivity index is 2.79. The van der Waals surface area contributed by atoms with Crippen molar-refractivity contribution >= 4 is 39.9 Å². The number of nitrogens with zero attached hydrogens (tertiary/aromatic N) is 3. The Morgan fingerprint density at radius 2 is 1.87 bits per heavy atom. The van der Waals surface area contributed by atoms with Gasteiger partial charge in [0.1, 0.15) is 4.67 Å². The first-order valence-corrected chi connectivity index (χ1v) is 7.93. The van der Waals surface area contributed by atoms with Gasteiger partial charge in [-0.25, -0.2) is 8.95 Å². The van der Waals surface area contributed by atoms with E-state index in [2.05, 4.69) is 4.99 Å². The highest BCUT2D eigenvalue weighted by molar-refractivity contribution is 7.06. The normalized spacial score (nSPS) is 12.3. The van der Waals surface area contributed by atoms with Crippen LogP contribution in [0, 0.1) is 22.0 Å². The van der Waals surface area contributed by atoms with Gasteiger partial charge in [0.2, 0.25) is 11.8 Å².